The summed E-state index contributed by atoms with van der Waals surface area (Å²) in [7, 11) is 0. The van der Waals surface area contributed by atoms with Gasteiger partial charge in [-0.25, -0.2) is 0 Å². The van der Waals surface area contributed by atoms with E-state index < -0.39 is 0 Å². The lowest BCUT2D eigenvalue weighted by molar-refractivity contribution is 0.475. The van der Waals surface area contributed by atoms with Crippen molar-refractivity contribution in [3.63, 3.8) is 0 Å². The van der Waals surface area contributed by atoms with Crippen LogP contribution in [0.1, 0.15) is 5.56 Å². The summed E-state index contributed by atoms with van der Waals surface area (Å²) in [6.07, 6.45) is 1.77. The number of aryl methyl sites for hydroxylation is 1. The molecule has 2 nitrogen and oxygen atoms in total. The van der Waals surface area contributed by atoms with Crippen LogP contribution in [0.3, 0.4) is 0 Å². The van der Waals surface area contributed by atoms with Gasteiger partial charge in [0.2, 0.25) is 0 Å². The molecule has 0 fully saturated rings. The Morgan fingerprint density at radius 1 is 1.14 bits per heavy atom. The van der Waals surface area contributed by atoms with E-state index >= 15 is 0 Å². The third-order valence-corrected chi connectivity index (χ3v) is 2.15. The van der Waals surface area contributed by atoms with Gasteiger partial charge in [-0.3, -0.25) is 4.98 Å². The van der Waals surface area contributed by atoms with E-state index in [-0.39, 0.29) is 0 Å². The standard InChI is InChI=1S/C12H11NO/c1-9-8-10(14)5-6-11(9)12-4-2-3-7-13-12/h2-8,14H,1H3. The summed E-state index contributed by atoms with van der Waals surface area (Å²) in [6.45, 7) is 1.96. The lowest BCUT2D eigenvalue weighted by Crippen LogP contribution is -1.85. The number of rotatable bonds is 1. The molecule has 0 amide bonds. The molecule has 2 rings (SSSR count). The van der Waals surface area contributed by atoms with Crippen molar-refractivity contribution in [2.24, 2.45) is 0 Å². The van der Waals surface area contributed by atoms with Crippen LogP contribution >= 0.6 is 0 Å². The molecule has 70 valence electrons. The number of pyridine rings is 1. The predicted octanol–water partition coefficient (Wildman–Crippen LogP) is 2.76. The summed E-state index contributed by atoms with van der Waals surface area (Å²) in [6, 6.07) is 11.1. The van der Waals surface area contributed by atoms with Gasteiger partial charge in [0.25, 0.3) is 0 Å². The Bertz CT molecular complexity index is 437. The van der Waals surface area contributed by atoms with E-state index in [0.29, 0.717) is 5.75 Å². The molecule has 0 saturated carbocycles. The average molecular weight is 185 g/mol. The van der Waals surface area contributed by atoms with E-state index in [9.17, 15) is 5.11 Å². The number of nitrogens with zero attached hydrogens (tertiary/aromatic N) is 1. The van der Waals surface area contributed by atoms with Crippen molar-refractivity contribution in [3.05, 3.63) is 48.2 Å². The van der Waals surface area contributed by atoms with Crippen molar-refractivity contribution in [2.75, 3.05) is 0 Å². The SMILES string of the molecule is Cc1cc(O)ccc1-c1ccccn1. The van der Waals surface area contributed by atoms with Gasteiger partial charge in [0.15, 0.2) is 0 Å². The van der Waals surface area contributed by atoms with Crippen molar-refractivity contribution in [1.29, 1.82) is 0 Å². The molecule has 0 bridgehead atoms. The van der Waals surface area contributed by atoms with Crippen LogP contribution in [0.25, 0.3) is 11.3 Å². The van der Waals surface area contributed by atoms with Gasteiger partial charge >= 0.3 is 0 Å². The number of phenolic OH excluding ortho intramolecular Hbond substituents is 1. The minimum atomic E-state index is 0.294. The summed E-state index contributed by atoms with van der Waals surface area (Å²) in [4.78, 5) is 4.26. The normalized spacial score (nSPS) is 10.1. The highest BCUT2D eigenvalue weighted by molar-refractivity contribution is 5.64. The number of phenols is 1. The van der Waals surface area contributed by atoms with Crippen molar-refractivity contribution in [2.45, 2.75) is 6.92 Å². The second-order valence-corrected chi connectivity index (χ2v) is 3.21. The summed E-state index contributed by atoms with van der Waals surface area (Å²) < 4.78 is 0. The second-order valence-electron chi connectivity index (χ2n) is 3.21. The maximum Gasteiger partial charge on any atom is 0.115 e. The Morgan fingerprint density at radius 3 is 2.64 bits per heavy atom. The quantitative estimate of drug-likeness (QED) is 0.741. The van der Waals surface area contributed by atoms with E-state index in [1.54, 1.807) is 18.3 Å². The molecule has 0 atom stereocenters. The monoisotopic (exact) mass is 185 g/mol. The second kappa shape index (κ2) is 3.50. The predicted molar refractivity (Wildman–Crippen MR) is 56.1 cm³/mol. The first-order valence-corrected chi connectivity index (χ1v) is 4.48. The lowest BCUT2D eigenvalue weighted by atomic mass is 10.1. The van der Waals surface area contributed by atoms with Crippen molar-refractivity contribution in [1.82, 2.24) is 4.98 Å². The van der Waals surface area contributed by atoms with Gasteiger partial charge in [-0.15, -0.1) is 0 Å². The van der Waals surface area contributed by atoms with Crippen LogP contribution < -0.4 is 0 Å². The molecule has 0 unspecified atom stereocenters. The van der Waals surface area contributed by atoms with E-state index in [0.717, 1.165) is 16.8 Å². The zero-order valence-electron chi connectivity index (χ0n) is 7.94. The number of hydrogen-bond donors (Lipinski definition) is 1. The van der Waals surface area contributed by atoms with Crippen LogP contribution in [-0.4, -0.2) is 10.1 Å². The molecule has 1 aromatic carbocycles. The molecule has 0 aliphatic carbocycles. The highest BCUT2D eigenvalue weighted by Gasteiger charge is 2.02. The van der Waals surface area contributed by atoms with Gasteiger partial charge in [-0.1, -0.05) is 6.07 Å². The van der Waals surface area contributed by atoms with Crippen LogP contribution in [0, 0.1) is 6.92 Å². The third-order valence-electron chi connectivity index (χ3n) is 2.15. The molecule has 2 aromatic rings. The van der Waals surface area contributed by atoms with Crippen molar-refractivity contribution < 1.29 is 5.11 Å². The Kier molecular flexibility index (Phi) is 2.19. The highest BCUT2D eigenvalue weighted by atomic mass is 16.3. The molecule has 1 N–H and O–H groups in total. The smallest absolute Gasteiger partial charge is 0.115 e. The highest BCUT2D eigenvalue weighted by Crippen LogP contribution is 2.24. The van der Waals surface area contributed by atoms with Gasteiger partial charge in [0, 0.05) is 11.8 Å². The Labute approximate surface area is 82.9 Å². The topological polar surface area (TPSA) is 33.1 Å². The van der Waals surface area contributed by atoms with E-state index in [2.05, 4.69) is 4.98 Å². The zero-order chi connectivity index (χ0) is 9.97. The molecule has 1 heterocycles. The number of aromatic hydroxyl groups is 1. The molecular weight excluding hydrogens is 174 g/mol. The number of hydrogen-bond acceptors (Lipinski definition) is 2. The van der Waals surface area contributed by atoms with E-state index in [1.807, 2.05) is 31.2 Å². The molecule has 2 heteroatoms. The first kappa shape index (κ1) is 8.75. The molecule has 0 aliphatic heterocycles. The zero-order valence-corrected chi connectivity index (χ0v) is 7.94. The maximum absolute atomic E-state index is 9.26. The third kappa shape index (κ3) is 1.59. The molecule has 0 radical (unpaired) electrons. The van der Waals surface area contributed by atoms with Gasteiger partial charge in [-0.05, 0) is 42.8 Å². The fourth-order valence-corrected chi connectivity index (χ4v) is 1.46. The number of benzene rings is 1. The Morgan fingerprint density at radius 2 is 2.00 bits per heavy atom. The van der Waals surface area contributed by atoms with Gasteiger partial charge in [0.1, 0.15) is 5.75 Å². The maximum atomic E-state index is 9.26. The van der Waals surface area contributed by atoms with Gasteiger partial charge in [-0.2, -0.15) is 0 Å². The summed E-state index contributed by atoms with van der Waals surface area (Å²) >= 11 is 0. The minimum absolute atomic E-state index is 0.294. The van der Waals surface area contributed by atoms with Crippen LogP contribution in [0.4, 0.5) is 0 Å². The van der Waals surface area contributed by atoms with Crippen LogP contribution in [0.2, 0.25) is 0 Å². The van der Waals surface area contributed by atoms with Gasteiger partial charge in [0.05, 0.1) is 5.69 Å². The van der Waals surface area contributed by atoms with Crippen LogP contribution in [0.15, 0.2) is 42.6 Å². The van der Waals surface area contributed by atoms with Gasteiger partial charge < -0.3 is 5.11 Å². The molecular formula is C12H11NO. The fraction of sp³-hybridized carbons (Fsp3) is 0.0833. The van der Waals surface area contributed by atoms with E-state index in [4.69, 9.17) is 0 Å². The fourth-order valence-electron chi connectivity index (χ4n) is 1.46. The van der Waals surface area contributed by atoms with Crippen LogP contribution in [-0.2, 0) is 0 Å². The average Bonchev–Trinajstić information content (AvgIpc) is 2.19. The Hall–Kier alpha value is -1.83. The first-order valence-electron chi connectivity index (χ1n) is 4.48. The molecule has 0 spiro atoms. The van der Waals surface area contributed by atoms with E-state index in [1.165, 1.54) is 0 Å². The Balaban J connectivity index is 2.53. The molecule has 1 aromatic heterocycles. The molecule has 0 aliphatic rings. The van der Waals surface area contributed by atoms with Crippen molar-refractivity contribution in [3.8, 4) is 17.0 Å². The molecule has 14 heavy (non-hydrogen) atoms. The van der Waals surface area contributed by atoms with Crippen molar-refractivity contribution >= 4 is 0 Å². The van der Waals surface area contributed by atoms with Crippen LogP contribution in [0.5, 0.6) is 5.75 Å². The lowest BCUT2D eigenvalue weighted by Gasteiger charge is -2.04. The summed E-state index contributed by atoms with van der Waals surface area (Å²) in [5.74, 6) is 0.294. The first-order chi connectivity index (χ1) is 6.77. The summed E-state index contributed by atoms with van der Waals surface area (Å²) in [5.41, 5.74) is 3.03. The largest absolute Gasteiger partial charge is 0.508 e. The number of aromatic nitrogens is 1. The molecule has 0 saturated heterocycles. The summed E-state index contributed by atoms with van der Waals surface area (Å²) in [5, 5.41) is 9.26. The minimum Gasteiger partial charge on any atom is -0.508 e.